The molecule has 0 saturated carbocycles. The van der Waals surface area contributed by atoms with Crippen molar-refractivity contribution >= 4 is 16.6 Å². The van der Waals surface area contributed by atoms with Gasteiger partial charge in [-0.05, 0) is 41.8 Å². The molecule has 29 heavy (non-hydrogen) atoms. The van der Waals surface area contributed by atoms with Crippen molar-refractivity contribution in [3.63, 3.8) is 0 Å². The highest BCUT2D eigenvalue weighted by molar-refractivity contribution is 5.81. The van der Waals surface area contributed by atoms with Crippen LogP contribution >= 0.6 is 0 Å². The molecule has 0 N–H and O–H groups in total. The van der Waals surface area contributed by atoms with Crippen molar-refractivity contribution in [1.29, 1.82) is 0 Å². The average Bonchev–Trinajstić information content (AvgIpc) is 3.23. The number of ether oxygens (including phenoxy) is 1. The highest BCUT2D eigenvalue weighted by atomic mass is 16.5. The van der Waals surface area contributed by atoms with Gasteiger partial charge in [-0.2, -0.15) is 0 Å². The molecule has 3 heterocycles. The third kappa shape index (κ3) is 3.60. The van der Waals surface area contributed by atoms with Crippen LogP contribution in [0.5, 0.6) is 5.75 Å². The van der Waals surface area contributed by atoms with Gasteiger partial charge in [0.05, 0.1) is 23.8 Å². The summed E-state index contributed by atoms with van der Waals surface area (Å²) in [5, 5.41) is 0.678. The molecule has 0 radical (unpaired) electrons. The van der Waals surface area contributed by atoms with Gasteiger partial charge in [0, 0.05) is 51.9 Å². The lowest BCUT2D eigenvalue weighted by Gasteiger charge is -2.36. The van der Waals surface area contributed by atoms with Crippen LogP contribution in [-0.4, -0.2) is 53.8 Å². The van der Waals surface area contributed by atoms with E-state index in [-0.39, 0.29) is 5.56 Å². The van der Waals surface area contributed by atoms with E-state index in [2.05, 4.69) is 33.0 Å². The van der Waals surface area contributed by atoms with Crippen LogP contribution in [0.3, 0.4) is 0 Å². The molecule has 1 aromatic heterocycles. The van der Waals surface area contributed by atoms with Gasteiger partial charge < -0.3 is 14.2 Å². The average molecular weight is 390 g/mol. The number of anilines is 1. The van der Waals surface area contributed by atoms with Crippen molar-refractivity contribution in [2.45, 2.75) is 12.8 Å². The van der Waals surface area contributed by atoms with E-state index in [9.17, 15) is 4.79 Å². The van der Waals surface area contributed by atoms with Crippen molar-refractivity contribution in [1.82, 2.24) is 14.5 Å². The molecule has 5 rings (SSSR count). The normalized spacial score (nSPS) is 16.8. The Hall–Kier alpha value is -2.86. The standard InChI is InChI=1S/C23H26N4O2/c1-25-16-24-21-15-19(3-4-20(21)23(25)28)27-11-9-26(10-12-27)8-6-17-2-5-22-18(14-17)7-13-29-22/h2-5,14-16H,6-13H2,1H3. The molecule has 3 aromatic rings. The maximum Gasteiger partial charge on any atom is 0.260 e. The van der Waals surface area contributed by atoms with Gasteiger partial charge in [0.1, 0.15) is 5.75 Å². The van der Waals surface area contributed by atoms with E-state index in [1.165, 1.54) is 15.7 Å². The Morgan fingerprint density at radius 2 is 1.93 bits per heavy atom. The maximum atomic E-state index is 12.2. The molecule has 0 unspecified atom stereocenters. The molecule has 150 valence electrons. The lowest BCUT2D eigenvalue weighted by molar-refractivity contribution is 0.261. The lowest BCUT2D eigenvalue weighted by atomic mass is 10.1. The molecular weight excluding hydrogens is 364 g/mol. The highest BCUT2D eigenvalue weighted by Crippen LogP contribution is 2.26. The van der Waals surface area contributed by atoms with Crippen LogP contribution < -0.4 is 15.2 Å². The molecule has 2 aromatic carbocycles. The highest BCUT2D eigenvalue weighted by Gasteiger charge is 2.18. The molecule has 0 aliphatic carbocycles. The Morgan fingerprint density at radius 3 is 2.79 bits per heavy atom. The lowest BCUT2D eigenvalue weighted by Crippen LogP contribution is -2.47. The maximum absolute atomic E-state index is 12.2. The van der Waals surface area contributed by atoms with Gasteiger partial charge in [-0.3, -0.25) is 9.69 Å². The quantitative estimate of drug-likeness (QED) is 0.684. The zero-order valence-electron chi connectivity index (χ0n) is 16.8. The first-order chi connectivity index (χ1) is 14.2. The fraction of sp³-hybridized carbons (Fsp3) is 0.391. The van der Waals surface area contributed by atoms with E-state index in [4.69, 9.17) is 4.74 Å². The number of hydrogen-bond acceptors (Lipinski definition) is 5. The molecule has 0 spiro atoms. The second-order valence-electron chi connectivity index (χ2n) is 7.98. The third-order valence-electron chi connectivity index (χ3n) is 6.11. The Labute approximate surface area is 170 Å². The minimum absolute atomic E-state index is 0.00415. The number of hydrogen-bond donors (Lipinski definition) is 0. The largest absolute Gasteiger partial charge is 0.493 e. The van der Waals surface area contributed by atoms with Crippen LogP contribution in [0.15, 0.2) is 47.5 Å². The first-order valence-corrected chi connectivity index (χ1v) is 10.3. The number of benzene rings is 2. The number of rotatable bonds is 4. The zero-order chi connectivity index (χ0) is 19.8. The van der Waals surface area contributed by atoms with E-state index in [0.717, 1.165) is 69.1 Å². The van der Waals surface area contributed by atoms with E-state index in [1.54, 1.807) is 13.4 Å². The fourth-order valence-electron chi connectivity index (χ4n) is 4.31. The number of nitrogens with zero attached hydrogens (tertiary/aromatic N) is 4. The summed E-state index contributed by atoms with van der Waals surface area (Å²) in [6.07, 6.45) is 3.71. The zero-order valence-corrected chi connectivity index (χ0v) is 16.8. The van der Waals surface area contributed by atoms with Gasteiger partial charge in [0.15, 0.2) is 0 Å². The second kappa shape index (κ2) is 7.52. The smallest absolute Gasteiger partial charge is 0.260 e. The molecule has 1 fully saturated rings. The van der Waals surface area contributed by atoms with Gasteiger partial charge in [0.2, 0.25) is 0 Å². The Bertz CT molecular complexity index is 1100. The Balaban J connectivity index is 1.20. The van der Waals surface area contributed by atoms with Crippen LogP contribution in [0.25, 0.3) is 10.9 Å². The van der Waals surface area contributed by atoms with Crippen molar-refractivity contribution < 1.29 is 4.74 Å². The first kappa shape index (κ1) is 18.2. The number of aromatic nitrogens is 2. The third-order valence-corrected chi connectivity index (χ3v) is 6.11. The van der Waals surface area contributed by atoms with Crippen LogP contribution in [0.4, 0.5) is 5.69 Å². The van der Waals surface area contributed by atoms with Crippen LogP contribution in [0, 0.1) is 0 Å². The van der Waals surface area contributed by atoms with Gasteiger partial charge in [-0.1, -0.05) is 12.1 Å². The first-order valence-electron chi connectivity index (χ1n) is 10.3. The molecule has 0 amide bonds. The predicted octanol–water partition coefficient (Wildman–Crippen LogP) is 2.23. The summed E-state index contributed by atoms with van der Waals surface area (Å²) >= 11 is 0. The summed E-state index contributed by atoms with van der Waals surface area (Å²) in [5.74, 6) is 1.06. The van der Waals surface area contributed by atoms with E-state index < -0.39 is 0 Å². The summed E-state index contributed by atoms with van der Waals surface area (Å²) in [5.41, 5.74) is 4.68. The minimum Gasteiger partial charge on any atom is -0.493 e. The number of piperazine rings is 1. The predicted molar refractivity (Wildman–Crippen MR) is 115 cm³/mol. The van der Waals surface area contributed by atoms with Crippen molar-refractivity contribution in [3.8, 4) is 5.75 Å². The second-order valence-corrected chi connectivity index (χ2v) is 7.98. The SMILES string of the molecule is Cn1cnc2cc(N3CCN(CCc4ccc5c(c4)CCO5)CC3)ccc2c1=O. The van der Waals surface area contributed by atoms with Crippen molar-refractivity contribution in [2.24, 2.45) is 7.05 Å². The molecule has 0 bridgehead atoms. The minimum atomic E-state index is 0.00415. The Morgan fingerprint density at radius 1 is 1.07 bits per heavy atom. The molecular formula is C23H26N4O2. The van der Waals surface area contributed by atoms with Gasteiger partial charge in [0.25, 0.3) is 5.56 Å². The molecule has 6 nitrogen and oxygen atoms in total. The molecule has 2 aliphatic heterocycles. The van der Waals surface area contributed by atoms with E-state index in [1.807, 2.05) is 18.2 Å². The monoisotopic (exact) mass is 390 g/mol. The van der Waals surface area contributed by atoms with E-state index >= 15 is 0 Å². The summed E-state index contributed by atoms with van der Waals surface area (Å²) in [7, 11) is 1.73. The molecule has 1 saturated heterocycles. The Kier molecular flexibility index (Phi) is 4.72. The van der Waals surface area contributed by atoms with Crippen molar-refractivity contribution in [3.05, 3.63) is 64.2 Å². The summed E-state index contributed by atoms with van der Waals surface area (Å²) < 4.78 is 7.12. The summed E-state index contributed by atoms with van der Waals surface area (Å²) in [6, 6.07) is 12.6. The summed E-state index contributed by atoms with van der Waals surface area (Å²) in [6.45, 7) is 6.00. The van der Waals surface area contributed by atoms with Crippen LogP contribution in [0.2, 0.25) is 0 Å². The van der Waals surface area contributed by atoms with E-state index in [0.29, 0.717) is 5.39 Å². The molecule has 2 aliphatic rings. The van der Waals surface area contributed by atoms with Crippen molar-refractivity contribution in [2.75, 3.05) is 44.2 Å². The van der Waals surface area contributed by atoms with Crippen LogP contribution in [0.1, 0.15) is 11.1 Å². The molecule has 6 heteroatoms. The van der Waals surface area contributed by atoms with Gasteiger partial charge >= 0.3 is 0 Å². The van der Waals surface area contributed by atoms with Crippen LogP contribution in [-0.2, 0) is 19.9 Å². The fourth-order valence-corrected chi connectivity index (χ4v) is 4.31. The summed E-state index contributed by atoms with van der Waals surface area (Å²) in [4.78, 5) is 21.6. The van der Waals surface area contributed by atoms with Gasteiger partial charge in [-0.15, -0.1) is 0 Å². The number of fused-ring (bicyclic) bond motifs is 2. The topological polar surface area (TPSA) is 50.6 Å². The van der Waals surface area contributed by atoms with Gasteiger partial charge in [-0.25, -0.2) is 4.98 Å². The number of aryl methyl sites for hydroxylation is 1. The molecule has 0 atom stereocenters.